The van der Waals surface area contributed by atoms with Crippen LogP contribution in [0.25, 0.3) is 0 Å². The first-order valence-electron chi connectivity index (χ1n) is 9.67. The van der Waals surface area contributed by atoms with Gasteiger partial charge in [0.15, 0.2) is 0 Å². The summed E-state index contributed by atoms with van der Waals surface area (Å²) in [4.78, 5) is 37.6. The molecule has 0 bridgehead atoms. The van der Waals surface area contributed by atoms with Gasteiger partial charge in [0.25, 0.3) is 0 Å². The molecule has 2 unspecified atom stereocenters. The number of carbonyl (C=O) groups is 3. The summed E-state index contributed by atoms with van der Waals surface area (Å²) in [5.74, 6) is -2.73. The lowest BCUT2D eigenvalue weighted by molar-refractivity contribution is -0.126. The second kappa shape index (κ2) is 10.2. The second-order valence-electron chi connectivity index (χ2n) is 7.44. The SMILES string of the molecule is CCOC(=O)NC(CNC(=O)C1CC(=O)N(c2ccc(F)cc2F)C1)CC(C)C. The molecule has 2 N–H and O–H groups in total. The Kier molecular flexibility index (Phi) is 7.92. The maximum Gasteiger partial charge on any atom is 0.407 e. The van der Waals surface area contributed by atoms with Gasteiger partial charge >= 0.3 is 6.09 Å². The van der Waals surface area contributed by atoms with Crippen molar-refractivity contribution in [3.05, 3.63) is 29.8 Å². The lowest BCUT2D eigenvalue weighted by Crippen LogP contribution is -2.46. The largest absolute Gasteiger partial charge is 0.450 e. The van der Waals surface area contributed by atoms with Crippen molar-refractivity contribution in [1.82, 2.24) is 10.6 Å². The molecule has 1 aromatic carbocycles. The number of rotatable bonds is 8. The molecule has 29 heavy (non-hydrogen) atoms. The molecule has 1 fully saturated rings. The third kappa shape index (κ3) is 6.40. The maximum absolute atomic E-state index is 14.0. The molecule has 0 aromatic heterocycles. The van der Waals surface area contributed by atoms with Crippen molar-refractivity contribution in [3.63, 3.8) is 0 Å². The normalized spacial score (nSPS) is 17.4. The molecule has 2 rings (SSSR count). The van der Waals surface area contributed by atoms with Gasteiger partial charge in [0.1, 0.15) is 11.6 Å². The number of halogens is 2. The Hall–Kier alpha value is -2.71. The van der Waals surface area contributed by atoms with Crippen molar-refractivity contribution in [2.24, 2.45) is 11.8 Å². The molecule has 2 atom stereocenters. The van der Waals surface area contributed by atoms with Crippen LogP contribution < -0.4 is 15.5 Å². The number of nitrogens with zero attached hydrogens (tertiary/aromatic N) is 1. The molecule has 7 nitrogen and oxygen atoms in total. The molecule has 0 saturated carbocycles. The van der Waals surface area contributed by atoms with Crippen molar-refractivity contribution in [1.29, 1.82) is 0 Å². The van der Waals surface area contributed by atoms with Crippen LogP contribution in [0.15, 0.2) is 18.2 Å². The maximum atomic E-state index is 14.0. The summed E-state index contributed by atoms with van der Waals surface area (Å²) in [6.07, 6.45) is 0.0136. The summed E-state index contributed by atoms with van der Waals surface area (Å²) in [6.45, 7) is 6.12. The fourth-order valence-corrected chi connectivity index (χ4v) is 3.29. The number of anilines is 1. The van der Waals surface area contributed by atoms with E-state index in [1.54, 1.807) is 6.92 Å². The van der Waals surface area contributed by atoms with Crippen LogP contribution >= 0.6 is 0 Å². The highest BCUT2D eigenvalue weighted by molar-refractivity contribution is 6.00. The summed E-state index contributed by atoms with van der Waals surface area (Å²) in [6, 6.07) is 2.63. The zero-order chi connectivity index (χ0) is 21.6. The van der Waals surface area contributed by atoms with E-state index in [2.05, 4.69) is 10.6 Å². The summed E-state index contributed by atoms with van der Waals surface area (Å²) in [5, 5.41) is 5.47. The smallest absolute Gasteiger partial charge is 0.407 e. The first-order chi connectivity index (χ1) is 13.7. The van der Waals surface area contributed by atoms with Gasteiger partial charge in [-0.3, -0.25) is 9.59 Å². The summed E-state index contributed by atoms with van der Waals surface area (Å²) in [5.41, 5.74) is -0.0478. The van der Waals surface area contributed by atoms with Gasteiger partial charge in [-0.2, -0.15) is 0 Å². The number of hydrogen-bond donors (Lipinski definition) is 2. The van der Waals surface area contributed by atoms with Crippen molar-refractivity contribution in [2.75, 3.05) is 24.6 Å². The molecular formula is C20H27F2N3O4. The van der Waals surface area contributed by atoms with Crippen LogP contribution in [0.4, 0.5) is 19.3 Å². The number of amides is 3. The summed E-state index contributed by atoms with van der Waals surface area (Å²) >= 11 is 0. The average Bonchev–Trinajstić information content (AvgIpc) is 3.01. The molecule has 1 aliphatic heterocycles. The van der Waals surface area contributed by atoms with Crippen molar-refractivity contribution >= 4 is 23.6 Å². The highest BCUT2D eigenvalue weighted by Gasteiger charge is 2.36. The lowest BCUT2D eigenvalue weighted by Gasteiger charge is -2.22. The number of nitrogens with one attached hydrogen (secondary N) is 2. The van der Waals surface area contributed by atoms with E-state index in [9.17, 15) is 23.2 Å². The minimum absolute atomic E-state index is 0.00731. The van der Waals surface area contributed by atoms with Crippen LogP contribution in [0.3, 0.4) is 0 Å². The highest BCUT2D eigenvalue weighted by atomic mass is 19.1. The van der Waals surface area contributed by atoms with Gasteiger partial charge in [-0.05, 0) is 31.4 Å². The van der Waals surface area contributed by atoms with Gasteiger partial charge in [0.05, 0.1) is 18.2 Å². The summed E-state index contributed by atoms with van der Waals surface area (Å²) < 4.78 is 32.0. The Balaban J connectivity index is 1.95. The van der Waals surface area contributed by atoms with Crippen molar-refractivity contribution < 1.29 is 27.9 Å². The molecular weight excluding hydrogens is 384 g/mol. The zero-order valence-corrected chi connectivity index (χ0v) is 16.8. The summed E-state index contributed by atoms with van der Waals surface area (Å²) in [7, 11) is 0. The number of carbonyl (C=O) groups excluding carboxylic acids is 3. The van der Waals surface area contributed by atoms with E-state index in [0.717, 1.165) is 11.0 Å². The Morgan fingerprint density at radius 2 is 2.03 bits per heavy atom. The minimum atomic E-state index is -0.852. The predicted octanol–water partition coefficient (Wildman–Crippen LogP) is 2.59. The monoisotopic (exact) mass is 411 g/mol. The van der Waals surface area contributed by atoms with Crippen LogP contribution in [-0.4, -0.2) is 43.6 Å². The fourth-order valence-electron chi connectivity index (χ4n) is 3.29. The predicted molar refractivity (Wildman–Crippen MR) is 103 cm³/mol. The Morgan fingerprint density at radius 3 is 2.66 bits per heavy atom. The van der Waals surface area contributed by atoms with Crippen LogP contribution in [0.2, 0.25) is 0 Å². The first-order valence-corrected chi connectivity index (χ1v) is 9.67. The van der Waals surface area contributed by atoms with Crippen molar-refractivity contribution in [2.45, 2.75) is 39.7 Å². The lowest BCUT2D eigenvalue weighted by atomic mass is 10.0. The Labute approximate surface area is 168 Å². The van der Waals surface area contributed by atoms with Gasteiger partial charge in [0, 0.05) is 31.6 Å². The van der Waals surface area contributed by atoms with Crippen LogP contribution in [0.1, 0.15) is 33.6 Å². The molecule has 160 valence electrons. The van der Waals surface area contributed by atoms with Gasteiger partial charge < -0.3 is 20.3 Å². The van der Waals surface area contributed by atoms with Gasteiger partial charge in [-0.15, -0.1) is 0 Å². The number of alkyl carbamates (subject to hydrolysis) is 1. The molecule has 0 spiro atoms. The topological polar surface area (TPSA) is 87.7 Å². The molecule has 1 saturated heterocycles. The average molecular weight is 411 g/mol. The van der Waals surface area contributed by atoms with E-state index in [1.807, 2.05) is 13.8 Å². The van der Waals surface area contributed by atoms with Crippen LogP contribution in [-0.2, 0) is 14.3 Å². The van der Waals surface area contributed by atoms with Crippen LogP contribution in [0, 0.1) is 23.5 Å². The van der Waals surface area contributed by atoms with E-state index in [4.69, 9.17) is 4.74 Å². The molecule has 3 amide bonds. The fraction of sp³-hybridized carbons (Fsp3) is 0.550. The van der Waals surface area contributed by atoms with E-state index in [-0.39, 0.29) is 49.7 Å². The number of hydrogen-bond acceptors (Lipinski definition) is 4. The minimum Gasteiger partial charge on any atom is -0.450 e. The van der Waals surface area contributed by atoms with E-state index >= 15 is 0 Å². The molecule has 0 aliphatic carbocycles. The standard InChI is InChI=1S/C20H27F2N3O4/c1-4-29-20(28)24-15(7-12(2)3)10-23-19(27)13-8-18(26)25(11-13)17-6-5-14(21)9-16(17)22/h5-6,9,12-13,15H,4,7-8,10-11H2,1-3H3,(H,23,27)(H,24,28). The van der Waals surface area contributed by atoms with Gasteiger partial charge in [-0.25, -0.2) is 13.6 Å². The molecule has 9 heteroatoms. The third-order valence-electron chi connectivity index (χ3n) is 4.57. The number of benzene rings is 1. The first kappa shape index (κ1) is 22.6. The van der Waals surface area contributed by atoms with E-state index < -0.39 is 29.6 Å². The molecule has 0 radical (unpaired) electrons. The Bertz CT molecular complexity index is 757. The van der Waals surface area contributed by atoms with Gasteiger partial charge in [0.2, 0.25) is 11.8 Å². The molecule has 1 aromatic rings. The third-order valence-corrected chi connectivity index (χ3v) is 4.57. The van der Waals surface area contributed by atoms with Gasteiger partial charge in [-0.1, -0.05) is 13.8 Å². The molecule has 1 aliphatic rings. The highest BCUT2D eigenvalue weighted by Crippen LogP contribution is 2.28. The quantitative estimate of drug-likeness (QED) is 0.688. The molecule has 1 heterocycles. The Morgan fingerprint density at radius 1 is 1.31 bits per heavy atom. The van der Waals surface area contributed by atoms with E-state index in [1.165, 1.54) is 6.07 Å². The van der Waals surface area contributed by atoms with Crippen LogP contribution in [0.5, 0.6) is 0 Å². The second-order valence-corrected chi connectivity index (χ2v) is 7.44. The van der Waals surface area contributed by atoms with E-state index in [0.29, 0.717) is 12.5 Å². The zero-order valence-electron chi connectivity index (χ0n) is 16.8. The van der Waals surface area contributed by atoms with Crippen molar-refractivity contribution in [3.8, 4) is 0 Å². The number of ether oxygens (including phenoxy) is 1.